The number of aliphatic hydroxyl groups excluding tert-OH is 1. The highest BCUT2D eigenvalue weighted by Crippen LogP contribution is 2.32. The number of aliphatic carboxylic acids is 1. The molecule has 194 valence electrons. The van der Waals surface area contributed by atoms with Crippen LogP contribution in [0, 0.1) is 0 Å². The highest BCUT2D eigenvalue weighted by Gasteiger charge is 2.37. The molecule has 37 heavy (non-hydrogen) atoms. The van der Waals surface area contributed by atoms with Gasteiger partial charge in [-0.05, 0) is 12.1 Å². The molecular formula is C23H24N5O9+. The number of aliphatic hydroxyl groups is 1. The van der Waals surface area contributed by atoms with Gasteiger partial charge in [0.15, 0.2) is 0 Å². The van der Waals surface area contributed by atoms with Crippen LogP contribution in [0.25, 0.3) is 0 Å². The number of fused-ring (bicyclic) bond motifs is 1. The van der Waals surface area contributed by atoms with Crippen LogP contribution < -0.4 is 25.2 Å². The zero-order valence-corrected chi connectivity index (χ0v) is 19.3. The van der Waals surface area contributed by atoms with Crippen LogP contribution in [-0.2, 0) is 24.0 Å². The van der Waals surface area contributed by atoms with Crippen LogP contribution in [0.2, 0.25) is 0 Å². The first-order chi connectivity index (χ1) is 17.6. The van der Waals surface area contributed by atoms with E-state index in [1.165, 1.54) is 36.7 Å². The van der Waals surface area contributed by atoms with Crippen LogP contribution in [0.5, 0.6) is 0 Å². The molecule has 0 aliphatic carbocycles. The molecule has 4 amide bonds. The van der Waals surface area contributed by atoms with Gasteiger partial charge in [-0.25, -0.2) is 0 Å². The number of carbonyl (C=O) groups is 6. The van der Waals surface area contributed by atoms with E-state index < -0.39 is 61.3 Å². The van der Waals surface area contributed by atoms with E-state index in [4.69, 9.17) is 5.11 Å². The average Bonchev–Trinajstić information content (AvgIpc) is 2.98. The van der Waals surface area contributed by atoms with Crippen molar-refractivity contribution >= 4 is 47.3 Å². The number of aromatic nitrogens is 1. The van der Waals surface area contributed by atoms with Gasteiger partial charge in [0.05, 0.1) is 35.9 Å². The summed E-state index contributed by atoms with van der Waals surface area (Å²) in [5.74, 6) is -4.44. The summed E-state index contributed by atoms with van der Waals surface area (Å²) in [7, 11) is 0. The van der Waals surface area contributed by atoms with Crippen molar-refractivity contribution in [1.82, 2.24) is 10.6 Å². The van der Waals surface area contributed by atoms with Crippen LogP contribution in [0.15, 0.2) is 48.8 Å². The topological polar surface area (TPSA) is 198 Å². The average molecular weight is 514 g/mol. The lowest BCUT2D eigenvalue weighted by Gasteiger charge is -2.25. The second-order valence-electron chi connectivity index (χ2n) is 7.98. The van der Waals surface area contributed by atoms with Crippen molar-refractivity contribution in [1.29, 1.82) is 0 Å². The maximum Gasteiger partial charge on any atom is 0.305 e. The number of carbonyl (C=O) groups excluding carboxylic acids is 5. The highest BCUT2D eigenvalue weighted by atomic mass is 16.5. The number of para-hydroxylation sites is 2. The summed E-state index contributed by atoms with van der Waals surface area (Å²) in [5.41, 5.74) is 0.382. The molecule has 2 heterocycles. The third-order valence-electron chi connectivity index (χ3n) is 5.42. The SMILES string of the molecule is O=C[C@H](CC(=O)O)NC(=O)CN1C(=O)[C@@H](NC(=O)c2cc[n+](O)cc2)CN(C(=O)CO)c2ccccc21. The van der Waals surface area contributed by atoms with Gasteiger partial charge in [-0.3, -0.25) is 34.1 Å². The Kier molecular flexibility index (Phi) is 8.47. The van der Waals surface area contributed by atoms with E-state index in [9.17, 15) is 39.1 Å². The lowest BCUT2D eigenvalue weighted by Crippen LogP contribution is -2.55. The Balaban J connectivity index is 1.95. The molecule has 2 aromatic rings. The number of anilines is 2. The lowest BCUT2D eigenvalue weighted by atomic mass is 10.2. The first kappa shape index (κ1) is 26.7. The second-order valence-corrected chi connectivity index (χ2v) is 7.98. The number of carboxylic acid groups (broad SMARTS) is 1. The van der Waals surface area contributed by atoms with E-state index >= 15 is 0 Å². The van der Waals surface area contributed by atoms with Gasteiger partial charge in [-0.15, -0.1) is 0 Å². The number of benzene rings is 1. The van der Waals surface area contributed by atoms with Gasteiger partial charge in [0, 0.05) is 16.9 Å². The van der Waals surface area contributed by atoms with Crippen molar-refractivity contribution in [3.63, 3.8) is 0 Å². The van der Waals surface area contributed by atoms with Gasteiger partial charge >= 0.3 is 5.97 Å². The Labute approximate surface area is 209 Å². The van der Waals surface area contributed by atoms with Crippen molar-refractivity contribution in [3.05, 3.63) is 54.4 Å². The molecule has 0 bridgehead atoms. The molecule has 1 aliphatic heterocycles. The third-order valence-corrected chi connectivity index (χ3v) is 5.42. The molecule has 0 unspecified atom stereocenters. The first-order valence-electron chi connectivity index (χ1n) is 10.9. The maximum absolute atomic E-state index is 13.6. The van der Waals surface area contributed by atoms with Gasteiger partial charge in [-0.2, -0.15) is 0 Å². The van der Waals surface area contributed by atoms with Crippen LogP contribution in [0.3, 0.4) is 0 Å². The molecule has 0 radical (unpaired) electrons. The molecule has 1 aliphatic rings. The normalized spacial score (nSPS) is 15.7. The molecule has 0 fully saturated rings. The summed E-state index contributed by atoms with van der Waals surface area (Å²) in [6.07, 6.45) is 1.98. The molecule has 1 aromatic carbocycles. The predicted molar refractivity (Wildman–Crippen MR) is 124 cm³/mol. The first-order valence-corrected chi connectivity index (χ1v) is 10.9. The largest absolute Gasteiger partial charge is 0.481 e. The Bertz CT molecular complexity index is 1220. The quantitative estimate of drug-likeness (QED) is 0.141. The molecule has 2 atom stereocenters. The smallest absolute Gasteiger partial charge is 0.305 e. The van der Waals surface area contributed by atoms with Crippen molar-refractivity contribution < 1.29 is 48.9 Å². The Morgan fingerprint density at radius 3 is 2.35 bits per heavy atom. The van der Waals surface area contributed by atoms with Crippen LogP contribution >= 0.6 is 0 Å². The van der Waals surface area contributed by atoms with Crippen molar-refractivity contribution in [3.8, 4) is 0 Å². The van der Waals surface area contributed by atoms with Gasteiger partial charge in [0.1, 0.15) is 25.5 Å². The molecule has 14 nitrogen and oxygen atoms in total. The minimum atomic E-state index is -1.37. The van der Waals surface area contributed by atoms with Crippen LogP contribution in [0.4, 0.5) is 11.4 Å². The summed E-state index contributed by atoms with van der Waals surface area (Å²) in [4.78, 5) is 75.9. The van der Waals surface area contributed by atoms with Crippen LogP contribution in [-0.4, -0.2) is 83.1 Å². The van der Waals surface area contributed by atoms with Crippen LogP contribution in [0.1, 0.15) is 16.8 Å². The number of carboxylic acids is 1. The number of pyridine rings is 1. The van der Waals surface area contributed by atoms with Crippen molar-refractivity contribution in [2.24, 2.45) is 0 Å². The molecule has 0 saturated heterocycles. The molecule has 3 rings (SSSR count). The Hall–Kier alpha value is -4.85. The summed E-state index contributed by atoms with van der Waals surface area (Å²) >= 11 is 0. The zero-order chi connectivity index (χ0) is 27.1. The number of aldehydes is 1. The second kappa shape index (κ2) is 11.7. The standard InChI is InChI=1S/C23H23N5O9/c29-12-15(9-21(33)34)24-19(31)11-28-18-4-2-1-3-17(18)27(20(32)13-30)10-16(23(28)36)25-22(35)14-5-7-26(37)8-6-14/h1-8,12,15-16,30H,9-11,13H2,(H3-,24,25,31,33,34,35,37)/p+1/t15-,16-/m0/s1. The maximum atomic E-state index is 13.6. The summed E-state index contributed by atoms with van der Waals surface area (Å²) in [6.45, 7) is -1.93. The fraction of sp³-hybridized carbons (Fsp3) is 0.261. The van der Waals surface area contributed by atoms with Crippen molar-refractivity contribution in [2.75, 3.05) is 29.5 Å². The van der Waals surface area contributed by atoms with E-state index in [-0.39, 0.29) is 29.8 Å². The summed E-state index contributed by atoms with van der Waals surface area (Å²) in [5, 5.41) is 32.5. The van der Waals surface area contributed by atoms with E-state index in [0.29, 0.717) is 4.73 Å². The van der Waals surface area contributed by atoms with Gasteiger partial charge in [-0.1, -0.05) is 12.1 Å². The molecular weight excluding hydrogens is 490 g/mol. The Morgan fingerprint density at radius 2 is 1.76 bits per heavy atom. The number of hydrogen-bond donors (Lipinski definition) is 5. The minimum absolute atomic E-state index is 0.0895. The van der Waals surface area contributed by atoms with E-state index in [1.807, 2.05) is 0 Å². The van der Waals surface area contributed by atoms with E-state index in [2.05, 4.69) is 10.6 Å². The van der Waals surface area contributed by atoms with Gasteiger partial charge < -0.3 is 30.5 Å². The van der Waals surface area contributed by atoms with Gasteiger partial charge in [0.25, 0.3) is 17.7 Å². The van der Waals surface area contributed by atoms with Gasteiger partial charge in [0.2, 0.25) is 18.3 Å². The third kappa shape index (κ3) is 6.43. The van der Waals surface area contributed by atoms with E-state index in [1.54, 1.807) is 12.1 Å². The molecule has 1 aromatic heterocycles. The number of nitrogens with one attached hydrogen (secondary N) is 2. The zero-order valence-electron chi connectivity index (χ0n) is 19.3. The fourth-order valence-corrected chi connectivity index (χ4v) is 3.71. The number of rotatable bonds is 9. The highest BCUT2D eigenvalue weighted by molar-refractivity contribution is 6.11. The molecule has 14 heteroatoms. The summed E-state index contributed by atoms with van der Waals surface area (Å²) in [6, 6.07) is 5.92. The molecule has 0 spiro atoms. The fourth-order valence-electron chi connectivity index (χ4n) is 3.71. The monoisotopic (exact) mass is 514 g/mol. The predicted octanol–water partition coefficient (Wildman–Crippen LogP) is -2.16. The molecule has 5 N–H and O–H groups in total. The molecule has 0 saturated carbocycles. The number of amides is 4. The summed E-state index contributed by atoms with van der Waals surface area (Å²) < 4.78 is 0.711. The number of nitrogens with zero attached hydrogens (tertiary/aromatic N) is 3. The van der Waals surface area contributed by atoms with E-state index in [0.717, 1.165) is 9.80 Å². The lowest BCUT2D eigenvalue weighted by molar-refractivity contribution is -0.904. The Morgan fingerprint density at radius 1 is 1.11 bits per heavy atom. The van der Waals surface area contributed by atoms with Crippen molar-refractivity contribution in [2.45, 2.75) is 18.5 Å². The number of hydrogen-bond acceptors (Lipinski definition) is 8. The minimum Gasteiger partial charge on any atom is -0.481 e.